The second-order valence-corrected chi connectivity index (χ2v) is 3.64. The van der Waals surface area contributed by atoms with Crippen LogP contribution in [0.1, 0.15) is 5.56 Å². The molecule has 0 aliphatic heterocycles. The van der Waals surface area contributed by atoms with E-state index in [1.54, 1.807) is 0 Å². The van der Waals surface area contributed by atoms with Gasteiger partial charge in [-0.2, -0.15) is 0 Å². The lowest BCUT2D eigenvalue weighted by molar-refractivity contribution is 0.259. The number of hydrogen-bond acceptors (Lipinski definition) is 3. The lowest BCUT2D eigenvalue weighted by Gasteiger charge is -2.06. The smallest absolute Gasteiger partial charge is 0.127 e. The highest BCUT2D eigenvalue weighted by atomic mass is 16.5. The van der Waals surface area contributed by atoms with E-state index in [4.69, 9.17) is 9.84 Å². The number of para-hydroxylation sites is 1. The second-order valence-electron chi connectivity index (χ2n) is 3.64. The van der Waals surface area contributed by atoms with Crippen molar-refractivity contribution < 1.29 is 9.84 Å². The van der Waals surface area contributed by atoms with Crippen LogP contribution in [0.4, 0.5) is 0 Å². The third-order valence-corrected chi connectivity index (χ3v) is 2.34. The van der Waals surface area contributed by atoms with Gasteiger partial charge in [0.2, 0.25) is 0 Å². The van der Waals surface area contributed by atoms with Crippen LogP contribution < -0.4 is 10.1 Å². The number of benzene rings is 2. The van der Waals surface area contributed by atoms with Crippen LogP contribution in [0.2, 0.25) is 0 Å². The Balaban J connectivity index is 1.98. The average Bonchev–Trinajstić information content (AvgIpc) is 2.39. The van der Waals surface area contributed by atoms with E-state index in [1.165, 1.54) is 0 Å². The summed E-state index contributed by atoms with van der Waals surface area (Å²) in [4.78, 5) is 0. The molecule has 0 fully saturated rings. The van der Waals surface area contributed by atoms with Gasteiger partial charge in [-0.25, -0.2) is 0 Å². The zero-order valence-electron chi connectivity index (χ0n) is 9.47. The van der Waals surface area contributed by atoms with E-state index in [9.17, 15) is 0 Å². The van der Waals surface area contributed by atoms with Crippen molar-refractivity contribution in [1.29, 1.82) is 0 Å². The van der Waals surface area contributed by atoms with Gasteiger partial charge in [-0.1, -0.05) is 30.3 Å². The van der Waals surface area contributed by atoms with Crippen LogP contribution in [0.5, 0.6) is 11.5 Å². The highest BCUT2D eigenvalue weighted by molar-refractivity contribution is 5.32. The molecule has 0 bridgehead atoms. The molecule has 0 heterocycles. The molecule has 2 N–H and O–H groups in total. The predicted molar refractivity (Wildman–Crippen MR) is 66.9 cm³/mol. The maximum absolute atomic E-state index is 8.64. The Labute approximate surface area is 101 Å². The first kappa shape index (κ1) is 11.6. The minimum Gasteiger partial charge on any atom is -0.457 e. The van der Waals surface area contributed by atoms with Crippen molar-refractivity contribution in [3.8, 4) is 11.5 Å². The highest BCUT2D eigenvalue weighted by Crippen LogP contribution is 2.20. The number of aliphatic hydroxyl groups is 1. The summed E-state index contributed by atoms with van der Waals surface area (Å²) in [5.41, 5.74) is 1.11. The van der Waals surface area contributed by atoms with Crippen LogP contribution in [-0.4, -0.2) is 11.8 Å². The number of aliphatic hydroxyl groups excluding tert-OH is 1. The van der Waals surface area contributed by atoms with E-state index in [1.807, 2.05) is 54.6 Å². The van der Waals surface area contributed by atoms with Crippen LogP contribution >= 0.6 is 0 Å². The van der Waals surface area contributed by atoms with Gasteiger partial charge in [0.15, 0.2) is 0 Å². The Morgan fingerprint density at radius 2 is 1.53 bits per heavy atom. The quantitative estimate of drug-likeness (QED) is 0.774. The first-order valence-electron chi connectivity index (χ1n) is 5.52. The summed E-state index contributed by atoms with van der Waals surface area (Å²) in [6.07, 6.45) is 0. The first-order chi connectivity index (χ1) is 8.38. The van der Waals surface area contributed by atoms with Gasteiger partial charge >= 0.3 is 0 Å². The predicted octanol–water partition coefficient (Wildman–Crippen LogP) is 2.52. The van der Waals surface area contributed by atoms with Crippen molar-refractivity contribution in [2.24, 2.45) is 0 Å². The van der Waals surface area contributed by atoms with Crippen LogP contribution in [-0.2, 0) is 6.54 Å². The molecule has 0 atom stereocenters. The molecule has 0 unspecified atom stereocenters. The van der Waals surface area contributed by atoms with E-state index >= 15 is 0 Å². The van der Waals surface area contributed by atoms with Gasteiger partial charge in [-0.15, -0.1) is 0 Å². The number of nitrogens with one attached hydrogen (secondary N) is 1. The first-order valence-corrected chi connectivity index (χ1v) is 5.52. The van der Waals surface area contributed by atoms with Crippen LogP contribution in [0.25, 0.3) is 0 Å². The van der Waals surface area contributed by atoms with Gasteiger partial charge in [0.25, 0.3) is 0 Å². The standard InChI is InChI=1S/C14H15NO2/c16-11-15-10-12-6-8-14(9-7-12)17-13-4-2-1-3-5-13/h1-9,15-16H,10-11H2. The molecule has 0 radical (unpaired) electrons. The van der Waals surface area contributed by atoms with Crippen molar-refractivity contribution in [1.82, 2.24) is 5.32 Å². The SMILES string of the molecule is OCNCc1ccc(Oc2ccccc2)cc1. The molecule has 2 aromatic rings. The van der Waals surface area contributed by atoms with E-state index < -0.39 is 0 Å². The molecule has 3 nitrogen and oxygen atoms in total. The average molecular weight is 229 g/mol. The van der Waals surface area contributed by atoms with Crippen LogP contribution in [0.3, 0.4) is 0 Å². The van der Waals surface area contributed by atoms with Crippen molar-refractivity contribution in [2.75, 3.05) is 6.73 Å². The minimum atomic E-state index is -0.0116. The summed E-state index contributed by atoms with van der Waals surface area (Å²) < 4.78 is 5.67. The number of hydrogen-bond donors (Lipinski definition) is 2. The Morgan fingerprint density at radius 1 is 0.882 bits per heavy atom. The van der Waals surface area contributed by atoms with E-state index in [0.29, 0.717) is 6.54 Å². The Morgan fingerprint density at radius 3 is 2.18 bits per heavy atom. The van der Waals surface area contributed by atoms with Crippen molar-refractivity contribution in [3.63, 3.8) is 0 Å². The monoisotopic (exact) mass is 229 g/mol. The van der Waals surface area contributed by atoms with Gasteiger partial charge in [0, 0.05) is 6.54 Å². The molecule has 88 valence electrons. The minimum absolute atomic E-state index is 0.0116. The van der Waals surface area contributed by atoms with Crippen LogP contribution in [0.15, 0.2) is 54.6 Å². The lowest BCUT2D eigenvalue weighted by Crippen LogP contribution is -2.13. The highest BCUT2D eigenvalue weighted by Gasteiger charge is 1.97. The fourth-order valence-electron chi connectivity index (χ4n) is 1.50. The Bertz CT molecular complexity index is 440. The fraction of sp³-hybridized carbons (Fsp3) is 0.143. The largest absolute Gasteiger partial charge is 0.457 e. The topological polar surface area (TPSA) is 41.5 Å². The van der Waals surface area contributed by atoms with E-state index in [2.05, 4.69) is 5.32 Å². The van der Waals surface area contributed by atoms with Gasteiger partial charge < -0.3 is 9.84 Å². The Hall–Kier alpha value is -1.84. The molecule has 0 spiro atoms. The zero-order chi connectivity index (χ0) is 11.9. The van der Waals surface area contributed by atoms with Crippen molar-refractivity contribution in [2.45, 2.75) is 6.54 Å². The number of rotatable bonds is 5. The molecule has 0 amide bonds. The molecular weight excluding hydrogens is 214 g/mol. The molecule has 2 aromatic carbocycles. The van der Waals surface area contributed by atoms with Gasteiger partial charge in [0.1, 0.15) is 11.5 Å². The molecular formula is C14H15NO2. The third-order valence-electron chi connectivity index (χ3n) is 2.34. The molecule has 17 heavy (non-hydrogen) atoms. The summed E-state index contributed by atoms with van der Waals surface area (Å²) in [5, 5.41) is 11.5. The van der Waals surface area contributed by atoms with E-state index in [0.717, 1.165) is 17.1 Å². The van der Waals surface area contributed by atoms with Gasteiger partial charge in [-0.3, -0.25) is 5.32 Å². The fourth-order valence-corrected chi connectivity index (χ4v) is 1.50. The molecule has 3 heteroatoms. The zero-order valence-corrected chi connectivity index (χ0v) is 9.47. The summed E-state index contributed by atoms with van der Waals surface area (Å²) >= 11 is 0. The van der Waals surface area contributed by atoms with Crippen molar-refractivity contribution in [3.05, 3.63) is 60.2 Å². The van der Waals surface area contributed by atoms with E-state index in [-0.39, 0.29) is 6.73 Å². The second kappa shape index (κ2) is 6.03. The molecule has 0 aliphatic carbocycles. The third kappa shape index (κ3) is 3.59. The molecule has 0 saturated heterocycles. The summed E-state index contributed by atoms with van der Waals surface area (Å²) in [7, 11) is 0. The van der Waals surface area contributed by atoms with Crippen LogP contribution in [0, 0.1) is 0 Å². The number of ether oxygens (including phenoxy) is 1. The molecule has 2 rings (SSSR count). The summed E-state index contributed by atoms with van der Waals surface area (Å²) in [5.74, 6) is 1.64. The maximum Gasteiger partial charge on any atom is 0.127 e. The normalized spacial score (nSPS) is 10.2. The molecule has 0 saturated carbocycles. The molecule has 0 aliphatic rings. The summed E-state index contributed by atoms with van der Waals surface area (Å²) in [6, 6.07) is 17.5. The van der Waals surface area contributed by atoms with Gasteiger partial charge in [0.05, 0.1) is 6.73 Å². The van der Waals surface area contributed by atoms with Crippen molar-refractivity contribution >= 4 is 0 Å². The maximum atomic E-state index is 8.64. The summed E-state index contributed by atoms with van der Waals surface area (Å²) in [6.45, 7) is 0.643. The lowest BCUT2D eigenvalue weighted by atomic mass is 10.2. The van der Waals surface area contributed by atoms with Gasteiger partial charge in [-0.05, 0) is 29.8 Å². The molecule has 0 aromatic heterocycles. The Kier molecular flexibility index (Phi) is 4.13.